The molecule has 5 heteroatoms. The number of amides is 1. The molecule has 1 aliphatic rings. The van der Waals surface area contributed by atoms with E-state index in [-0.39, 0.29) is 5.91 Å². The summed E-state index contributed by atoms with van der Waals surface area (Å²) in [5.74, 6) is -0.767. The monoisotopic (exact) mass is 355 g/mol. The molecular weight excluding hydrogens is 334 g/mol. The predicted octanol–water partition coefficient (Wildman–Crippen LogP) is 4.30. The molecule has 0 radical (unpaired) electrons. The maximum absolute atomic E-state index is 12.9. The predicted molar refractivity (Wildman–Crippen MR) is 100 cm³/mol. The summed E-state index contributed by atoms with van der Waals surface area (Å²) < 4.78 is 5.50. The molecule has 25 heavy (non-hydrogen) atoms. The van der Waals surface area contributed by atoms with E-state index in [9.17, 15) is 9.59 Å². The van der Waals surface area contributed by atoms with E-state index in [0.29, 0.717) is 17.2 Å². The average Bonchev–Trinajstić information content (AvgIpc) is 2.56. The Morgan fingerprint density at radius 2 is 1.84 bits per heavy atom. The van der Waals surface area contributed by atoms with Crippen LogP contribution in [0, 0.1) is 0 Å². The van der Waals surface area contributed by atoms with E-state index in [1.807, 2.05) is 36.4 Å². The molecule has 0 aromatic heterocycles. The van der Waals surface area contributed by atoms with Crippen LogP contribution in [-0.4, -0.2) is 22.7 Å². The summed E-state index contributed by atoms with van der Waals surface area (Å²) >= 11 is 1.68. The van der Waals surface area contributed by atoms with Crippen LogP contribution in [0.5, 0.6) is 0 Å². The first-order valence-corrected chi connectivity index (χ1v) is 9.15. The standard InChI is InChI=1S/C20H21NO3S/c1-13(2)25-17-11-7-6-10-16(17)21-19(23)20(3)12-14-8-4-5-9-15(14)18(22)24-20/h4-11,13H,12H2,1-3H3,(H,21,23). The molecule has 1 amide bonds. The molecule has 4 nitrogen and oxygen atoms in total. The van der Waals surface area contributed by atoms with Crippen LogP contribution in [0.4, 0.5) is 5.69 Å². The van der Waals surface area contributed by atoms with E-state index in [1.165, 1.54) is 0 Å². The first-order chi connectivity index (χ1) is 11.9. The van der Waals surface area contributed by atoms with Crippen LogP contribution in [0.2, 0.25) is 0 Å². The number of cyclic esters (lactones) is 1. The summed E-state index contributed by atoms with van der Waals surface area (Å²) in [6, 6.07) is 14.9. The minimum atomic E-state index is -1.22. The number of anilines is 1. The second-order valence-corrected chi connectivity index (χ2v) is 8.19. The Bertz CT molecular complexity index is 818. The molecule has 0 aliphatic carbocycles. The Balaban J connectivity index is 1.84. The Hall–Kier alpha value is -2.27. The van der Waals surface area contributed by atoms with Crippen molar-refractivity contribution in [1.82, 2.24) is 0 Å². The summed E-state index contributed by atoms with van der Waals surface area (Å²) in [5.41, 5.74) is 0.883. The average molecular weight is 355 g/mol. The zero-order valence-corrected chi connectivity index (χ0v) is 15.4. The normalized spacial score (nSPS) is 19.3. The van der Waals surface area contributed by atoms with E-state index >= 15 is 0 Å². The maximum atomic E-state index is 12.9. The molecule has 1 atom stereocenters. The highest BCUT2D eigenvalue weighted by molar-refractivity contribution is 8.00. The smallest absolute Gasteiger partial charge is 0.339 e. The highest BCUT2D eigenvalue weighted by Crippen LogP contribution is 2.33. The van der Waals surface area contributed by atoms with Crippen LogP contribution in [0.1, 0.15) is 36.7 Å². The van der Waals surface area contributed by atoms with Crippen molar-refractivity contribution in [2.45, 2.75) is 42.9 Å². The van der Waals surface area contributed by atoms with Crippen molar-refractivity contribution in [3.8, 4) is 0 Å². The molecule has 1 N–H and O–H groups in total. The summed E-state index contributed by atoms with van der Waals surface area (Å²) in [5, 5.41) is 3.34. The number of hydrogen-bond donors (Lipinski definition) is 1. The Morgan fingerprint density at radius 1 is 1.16 bits per heavy atom. The minimum absolute atomic E-state index is 0.313. The molecule has 130 valence electrons. The quantitative estimate of drug-likeness (QED) is 0.656. The third-order valence-corrected chi connectivity index (χ3v) is 5.14. The molecule has 0 spiro atoms. The first kappa shape index (κ1) is 17.5. The van der Waals surface area contributed by atoms with Crippen LogP contribution < -0.4 is 5.32 Å². The van der Waals surface area contributed by atoms with Gasteiger partial charge in [-0.1, -0.05) is 44.2 Å². The summed E-state index contributed by atoms with van der Waals surface area (Å²) in [7, 11) is 0. The number of rotatable bonds is 4. The fourth-order valence-electron chi connectivity index (χ4n) is 2.84. The van der Waals surface area contributed by atoms with Gasteiger partial charge in [-0.05, 0) is 30.7 Å². The van der Waals surface area contributed by atoms with Crippen molar-refractivity contribution in [2.75, 3.05) is 5.32 Å². The zero-order valence-electron chi connectivity index (χ0n) is 14.5. The lowest BCUT2D eigenvalue weighted by atomic mass is 9.89. The number of esters is 1. The number of benzene rings is 2. The molecule has 2 aromatic carbocycles. The fraction of sp³-hybridized carbons (Fsp3) is 0.300. The molecular formula is C20H21NO3S. The van der Waals surface area contributed by atoms with Gasteiger partial charge in [0.2, 0.25) is 0 Å². The minimum Gasteiger partial charge on any atom is -0.445 e. The Kier molecular flexibility index (Phi) is 4.86. The first-order valence-electron chi connectivity index (χ1n) is 8.27. The maximum Gasteiger partial charge on any atom is 0.339 e. The van der Waals surface area contributed by atoms with Gasteiger partial charge >= 0.3 is 5.97 Å². The van der Waals surface area contributed by atoms with Crippen molar-refractivity contribution >= 4 is 29.3 Å². The lowest BCUT2D eigenvalue weighted by molar-refractivity contribution is -0.134. The van der Waals surface area contributed by atoms with E-state index in [2.05, 4.69) is 19.2 Å². The van der Waals surface area contributed by atoms with Gasteiger partial charge in [0.05, 0.1) is 11.3 Å². The number of para-hydroxylation sites is 1. The highest BCUT2D eigenvalue weighted by Gasteiger charge is 2.42. The fourth-order valence-corrected chi connectivity index (χ4v) is 3.75. The number of fused-ring (bicyclic) bond motifs is 1. The summed E-state index contributed by atoms with van der Waals surface area (Å²) in [6.07, 6.45) is 0.361. The van der Waals surface area contributed by atoms with Gasteiger partial charge in [-0.2, -0.15) is 0 Å². The van der Waals surface area contributed by atoms with Crippen molar-refractivity contribution in [2.24, 2.45) is 0 Å². The van der Waals surface area contributed by atoms with Crippen molar-refractivity contribution < 1.29 is 14.3 Å². The highest BCUT2D eigenvalue weighted by atomic mass is 32.2. The van der Waals surface area contributed by atoms with Crippen LogP contribution in [-0.2, 0) is 16.0 Å². The molecule has 3 rings (SSSR count). The van der Waals surface area contributed by atoms with Gasteiger partial charge in [0.1, 0.15) is 0 Å². The second kappa shape index (κ2) is 6.92. The van der Waals surface area contributed by atoms with Crippen LogP contribution in [0.15, 0.2) is 53.4 Å². The number of thioether (sulfide) groups is 1. The van der Waals surface area contributed by atoms with Crippen molar-refractivity contribution in [1.29, 1.82) is 0 Å². The largest absolute Gasteiger partial charge is 0.445 e. The molecule has 0 saturated heterocycles. The van der Waals surface area contributed by atoms with Crippen LogP contribution in [0.3, 0.4) is 0 Å². The van der Waals surface area contributed by atoms with E-state index < -0.39 is 11.6 Å². The topological polar surface area (TPSA) is 55.4 Å². The molecule has 0 saturated carbocycles. The molecule has 1 unspecified atom stereocenters. The molecule has 0 bridgehead atoms. The van der Waals surface area contributed by atoms with Crippen LogP contribution >= 0.6 is 11.8 Å². The van der Waals surface area contributed by atoms with E-state index in [1.54, 1.807) is 30.8 Å². The van der Waals surface area contributed by atoms with Crippen molar-refractivity contribution in [3.63, 3.8) is 0 Å². The lowest BCUT2D eigenvalue weighted by Crippen LogP contribution is -2.49. The summed E-state index contributed by atoms with van der Waals surface area (Å²) in [6.45, 7) is 5.86. The molecule has 1 heterocycles. The van der Waals surface area contributed by atoms with Gasteiger partial charge in [-0.25, -0.2) is 4.79 Å². The van der Waals surface area contributed by atoms with Gasteiger partial charge in [0.15, 0.2) is 5.60 Å². The lowest BCUT2D eigenvalue weighted by Gasteiger charge is -2.33. The molecule has 0 fully saturated rings. The van der Waals surface area contributed by atoms with Gasteiger partial charge in [-0.15, -0.1) is 11.8 Å². The number of hydrogen-bond acceptors (Lipinski definition) is 4. The van der Waals surface area contributed by atoms with Crippen LogP contribution in [0.25, 0.3) is 0 Å². The summed E-state index contributed by atoms with van der Waals surface area (Å²) in [4.78, 5) is 26.1. The third kappa shape index (κ3) is 3.71. The number of nitrogens with one attached hydrogen (secondary N) is 1. The van der Waals surface area contributed by atoms with Gasteiger partial charge in [0, 0.05) is 16.6 Å². The van der Waals surface area contributed by atoms with Gasteiger partial charge in [0.25, 0.3) is 5.91 Å². The number of ether oxygens (including phenoxy) is 1. The number of carbonyl (C=O) groups excluding carboxylic acids is 2. The van der Waals surface area contributed by atoms with E-state index in [4.69, 9.17) is 4.74 Å². The van der Waals surface area contributed by atoms with Gasteiger partial charge < -0.3 is 10.1 Å². The van der Waals surface area contributed by atoms with Gasteiger partial charge in [-0.3, -0.25) is 4.79 Å². The second-order valence-electron chi connectivity index (χ2n) is 6.57. The Morgan fingerprint density at radius 3 is 2.60 bits per heavy atom. The third-order valence-electron chi connectivity index (χ3n) is 4.06. The zero-order chi connectivity index (χ0) is 18.0. The van der Waals surface area contributed by atoms with E-state index in [0.717, 1.165) is 16.1 Å². The molecule has 1 aliphatic heterocycles. The Labute approximate surface area is 152 Å². The number of carbonyl (C=O) groups is 2. The SMILES string of the molecule is CC(C)Sc1ccccc1NC(=O)C1(C)Cc2ccccc2C(=O)O1. The molecule has 2 aromatic rings. The van der Waals surface area contributed by atoms with Crippen molar-refractivity contribution in [3.05, 3.63) is 59.7 Å².